The van der Waals surface area contributed by atoms with E-state index in [0.29, 0.717) is 12.5 Å². The summed E-state index contributed by atoms with van der Waals surface area (Å²) in [5.74, 6) is 1.21. The number of benzene rings is 1. The van der Waals surface area contributed by atoms with Crippen LogP contribution in [0.15, 0.2) is 22.7 Å². The number of hydrogen-bond donors (Lipinski definition) is 1. The summed E-state index contributed by atoms with van der Waals surface area (Å²) in [5, 5.41) is 10.4. The minimum atomic E-state index is -0.575. The number of halogens is 1. The van der Waals surface area contributed by atoms with Crippen LogP contribution >= 0.6 is 15.9 Å². The zero-order valence-electron chi connectivity index (χ0n) is 11.4. The van der Waals surface area contributed by atoms with E-state index in [-0.39, 0.29) is 6.10 Å². The number of ether oxygens (including phenoxy) is 2. The Morgan fingerprint density at radius 1 is 1.53 bits per heavy atom. The van der Waals surface area contributed by atoms with Gasteiger partial charge in [0.05, 0.1) is 17.2 Å². The molecule has 0 aromatic heterocycles. The Morgan fingerprint density at radius 3 is 2.89 bits per heavy atom. The predicted octanol–water partition coefficient (Wildman–Crippen LogP) is 3.70. The fourth-order valence-corrected chi connectivity index (χ4v) is 2.85. The van der Waals surface area contributed by atoms with Gasteiger partial charge in [-0.1, -0.05) is 19.9 Å². The molecule has 19 heavy (non-hydrogen) atoms. The standard InChI is InChI=1S/C15H21BrO3/c1-3-7-18-13-5-4-11(9-12(13)16)14(17)15-10(2)6-8-19-15/h4-5,9-10,14-15,17H,3,6-8H2,1-2H3. The maximum absolute atomic E-state index is 10.4. The van der Waals surface area contributed by atoms with Crippen LogP contribution in [0.1, 0.15) is 38.4 Å². The van der Waals surface area contributed by atoms with Crippen LogP contribution in [0, 0.1) is 5.92 Å². The van der Waals surface area contributed by atoms with Crippen molar-refractivity contribution in [3.8, 4) is 5.75 Å². The van der Waals surface area contributed by atoms with Crippen molar-refractivity contribution in [3.05, 3.63) is 28.2 Å². The molecule has 3 atom stereocenters. The van der Waals surface area contributed by atoms with Crippen LogP contribution in [0.5, 0.6) is 5.75 Å². The van der Waals surface area contributed by atoms with E-state index in [1.165, 1.54) is 0 Å². The Hall–Kier alpha value is -0.580. The molecule has 2 rings (SSSR count). The molecule has 1 fully saturated rings. The van der Waals surface area contributed by atoms with E-state index < -0.39 is 6.10 Å². The van der Waals surface area contributed by atoms with E-state index in [1.807, 2.05) is 18.2 Å². The first-order chi connectivity index (χ1) is 9.13. The average molecular weight is 329 g/mol. The zero-order valence-corrected chi connectivity index (χ0v) is 13.0. The number of rotatable bonds is 5. The minimum Gasteiger partial charge on any atom is -0.492 e. The van der Waals surface area contributed by atoms with Gasteiger partial charge in [0, 0.05) is 6.61 Å². The molecule has 1 aromatic carbocycles. The van der Waals surface area contributed by atoms with Crippen molar-refractivity contribution < 1.29 is 14.6 Å². The molecule has 0 aliphatic carbocycles. The summed E-state index contributed by atoms with van der Waals surface area (Å²) < 4.78 is 12.1. The van der Waals surface area contributed by atoms with E-state index in [1.54, 1.807) is 0 Å². The first-order valence-electron chi connectivity index (χ1n) is 6.85. The van der Waals surface area contributed by atoms with Gasteiger partial charge in [-0.05, 0) is 52.4 Å². The van der Waals surface area contributed by atoms with Crippen LogP contribution in [-0.4, -0.2) is 24.4 Å². The summed E-state index contributed by atoms with van der Waals surface area (Å²) in [6.45, 7) is 5.63. The van der Waals surface area contributed by atoms with Crippen LogP contribution in [0.4, 0.5) is 0 Å². The summed E-state index contributed by atoms with van der Waals surface area (Å²) >= 11 is 3.49. The molecule has 0 amide bonds. The first kappa shape index (κ1) is 14.8. The van der Waals surface area contributed by atoms with Gasteiger partial charge in [-0.15, -0.1) is 0 Å². The molecule has 106 valence electrons. The third-order valence-corrected chi connectivity index (χ3v) is 4.13. The lowest BCUT2D eigenvalue weighted by atomic mass is 9.95. The van der Waals surface area contributed by atoms with Crippen LogP contribution in [0.2, 0.25) is 0 Å². The number of aliphatic hydroxyl groups excluding tert-OH is 1. The van der Waals surface area contributed by atoms with Crippen molar-refractivity contribution in [2.24, 2.45) is 5.92 Å². The second kappa shape index (κ2) is 6.73. The normalized spacial score (nSPS) is 24.4. The Balaban J connectivity index is 2.10. The maximum Gasteiger partial charge on any atom is 0.133 e. The molecule has 1 aliphatic heterocycles. The van der Waals surface area contributed by atoms with Gasteiger partial charge in [0.25, 0.3) is 0 Å². The lowest BCUT2D eigenvalue weighted by molar-refractivity contribution is -0.0178. The Kier molecular flexibility index (Phi) is 5.25. The highest BCUT2D eigenvalue weighted by atomic mass is 79.9. The van der Waals surface area contributed by atoms with Crippen LogP contribution in [0.3, 0.4) is 0 Å². The molecule has 0 bridgehead atoms. The van der Waals surface area contributed by atoms with Gasteiger partial charge in [-0.25, -0.2) is 0 Å². The van der Waals surface area contributed by atoms with Gasteiger partial charge < -0.3 is 14.6 Å². The third kappa shape index (κ3) is 3.50. The molecule has 1 aliphatic rings. The van der Waals surface area contributed by atoms with Gasteiger partial charge >= 0.3 is 0 Å². The molecule has 0 saturated carbocycles. The Labute approximate surface area is 123 Å². The molecule has 3 unspecified atom stereocenters. The number of hydrogen-bond acceptors (Lipinski definition) is 3. The second-order valence-corrected chi connectivity index (χ2v) is 5.94. The van der Waals surface area contributed by atoms with Gasteiger partial charge in [0.15, 0.2) is 0 Å². The van der Waals surface area contributed by atoms with Crippen molar-refractivity contribution in [1.29, 1.82) is 0 Å². The Morgan fingerprint density at radius 2 is 2.32 bits per heavy atom. The monoisotopic (exact) mass is 328 g/mol. The first-order valence-corrected chi connectivity index (χ1v) is 7.64. The smallest absolute Gasteiger partial charge is 0.133 e. The maximum atomic E-state index is 10.4. The Bertz CT molecular complexity index is 422. The van der Waals surface area contributed by atoms with E-state index in [0.717, 1.165) is 35.2 Å². The fraction of sp³-hybridized carbons (Fsp3) is 0.600. The number of aliphatic hydroxyl groups is 1. The molecule has 1 N–H and O–H groups in total. The lowest BCUT2D eigenvalue weighted by Crippen LogP contribution is -2.23. The van der Waals surface area contributed by atoms with Crippen molar-refractivity contribution in [3.63, 3.8) is 0 Å². The molecule has 1 saturated heterocycles. The molecule has 1 aromatic rings. The highest BCUT2D eigenvalue weighted by molar-refractivity contribution is 9.10. The van der Waals surface area contributed by atoms with Crippen LogP contribution in [0.25, 0.3) is 0 Å². The molecular formula is C15H21BrO3. The molecule has 4 heteroatoms. The lowest BCUT2D eigenvalue weighted by Gasteiger charge is -2.22. The van der Waals surface area contributed by atoms with E-state index in [2.05, 4.69) is 29.8 Å². The van der Waals surface area contributed by atoms with Gasteiger partial charge in [-0.2, -0.15) is 0 Å². The topological polar surface area (TPSA) is 38.7 Å². The summed E-state index contributed by atoms with van der Waals surface area (Å²) in [7, 11) is 0. The SMILES string of the molecule is CCCOc1ccc(C(O)C2OCCC2C)cc1Br. The largest absolute Gasteiger partial charge is 0.492 e. The van der Waals surface area contributed by atoms with Gasteiger partial charge in [0.1, 0.15) is 11.9 Å². The zero-order chi connectivity index (χ0) is 13.8. The van der Waals surface area contributed by atoms with E-state index >= 15 is 0 Å². The molecular weight excluding hydrogens is 308 g/mol. The van der Waals surface area contributed by atoms with Crippen LogP contribution in [-0.2, 0) is 4.74 Å². The van der Waals surface area contributed by atoms with E-state index in [9.17, 15) is 5.11 Å². The van der Waals surface area contributed by atoms with Crippen LogP contribution < -0.4 is 4.74 Å². The summed E-state index contributed by atoms with van der Waals surface area (Å²) in [6.07, 6.45) is 1.31. The average Bonchev–Trinajstić information content (AvgIpc) is 2.82. The summed E-state index contributed by atoms with van der Waals surface area (Å²) in [4.78, 5) is 0. The molecule has 1 heterocycles. The van der Waals surface area contributed by atoms with Crippen molar-refractivity contribution in [2.75, 3.05) is 13.2 Å². The predicted molar refractivity (Wildman–Crippen MR) is 78.4 cm³/mol. The molecule has 0 radical (unpaired) electrons. The summed E-state index contributed by atoms with van der Waals surface area (Å²) in [6, 6.07) is 5.73. The van der Waals surface area contributed by atoms with Gasteiger partial charge in [-0.3, -0.25) is 0 Å². The van der Waals surface area contributed by atoms with Crippen molar-refractivity contribution in [1.82, 2.24) is 0 Å². The fourth-order valence-electron chi connectivity index (χ4n) is 2.34. The van der Waals surface area contributed by atoms with E-state index in [4.69, 9.17) is 9.47 Å². The molecule has 0 spiro atoms. The molecule has 3 nitrogen and oxygen atoms in total. The van der Waals surface area contributed by atoms with Crippen molar-refractivity contribution in [2.45, 2.75) is 38.9 Å². The highest BCUT2D eigenvalue weighted by Gasteiger charge is 2.32. The second-order valence-electron chi connectivity index (χ2n) is 5.08. The third-order valence-electron chi connectivity index (χ3n) is 3.51. The van der Waals surface area contributed by atoms with Gasteiger partial charge in [0.2, 0.25) is 0 Å². The quantitative estimate of drug-likeness (QED) is 0.895. The van der Waals surface area contributed by atoms with Crippen molar-refractivity contribution >= 4 is 15.9 Å². The summed E-state index contributed by atoms with van der Waals surface area (Å²) in [5.41, 5.74) is 0.870. The minimum absolute atomic E-state index is 0.102. The highest BCUT2D eigenvalue weighted by Crippen LogP contribution is 2.34.